The summed E-state index contributed by atoms with van der Waals surface area (Å²) in [5.41, 5.74) is 0.0844. The lowest BCUT2D eigenvalue weighted by Crippen LogP contribution is -2.71. The van der Waals surface area contributed by atoms with Crippen LogP contribution in [-0.4, -0.2) is 77.5 Å². The van der Waals surface area contributed by atoms with Gasteiger partial charge < -0.3 is 25.3 Å². The van der Waals surface area contributed by atoms with Crippen LogP contribution in [0.2, 0.25) is 0 Å². The molecule has 1 aromatic heterocycles. The molecule has 1 aromatic rings. The number of alkyl carbamates (subject to hydrolysis) is 1. The molecule has 0 saturated carbocycles. The van der Waals surface area contributed by atoms with Crippen molar-refractivity contribution in [3.63, 3.8) is 0 Å². The molecule has 2 atom stereocenters. The Morgan fingerprint density at radius 3 is 2.77 bits per heavy atom. The number of thioether (sulfide) groups is 1. The summed E-state index contributed by atoms with van der Waals surface area (Å²) in [7, 11) is 2.69. The zero-order valence-electron chi connectivity index (χ0n) is 15.9. The zero-order chi connectivity index (χ0) is 21.8. The second kappa shape index (κ2) is 9.17. The van der Waals surface area contributed by atoms with Crippen molar-refractivity contribution in [1.29, 1.82) is 0 Å². The van der Waals surface area contributed by atoms with Crippen LogP contribution in [-0.2, 0) is 24.0 Å². The Bertz CT molecular complexity index is 929. The minimum atomic E-state index is -1.31. The van der Waals surface area contributed by atoms with Gasteiger partial charge in [0, 0.05) is 18.4 Å². The fourth-order valence-electron chi connectivity index (χ4n) is 2.93. The summed E-state index contributed by atoms with van der Waals surface area (Å²) in [5, 5.41) is 19.4. The van der Waals surface area contributed by atoms with Crippen LogP contribution >= 0.6 is 23.1 Å². The number of carbonyl (C=O) groups excluding carboxylic acids is 3. The Morgan fingerprint density at radius 1 is 1.40 bits per heavy atom. The van der Waals surface area contributed by atoms with Crippen molar-refractivity contribution in [1.82, 2.24) is 15.5 Å². The molecule has 3 N–H and O–H groups in total. The van der Waals surface area contributed by atoms with Gasteiger partial charge in [0.25, 0.3) is 11.8 Å². The normalized spacial score (nSPS) is 20.8. The maximum atomic E-state index is 12.7. The number of hydrogen-bond acceptors (Lipinski definition) is 9. The predicted molar refractivity (Wildman–Crippen MR) is 108 cm³/mol. The van der Waals surface area contributed by atoms with Gasteiger partial charge in [-0.1, -0.05) is 11.2 Å². The molecule has 3 rings (SSSR count). The van der Waals surface area contributed by atoms with E-state index in [-0.39, 0.29) is 23.8 Å². The first-order chi connectivity index (χ1) is 14.4. The van der Waals surface area contributed by atoms with Gasteiger partial charge in [0.1, 0.15) is 30.8 Å². The highest BCUT2D eigenvalue weighted by atomic mass is 32.2. The molecule has 0 aromatic carbocycles. The maximum absolute atomic E-state index is 12.7. The summed E-state index contributed by atoms with van der Waals surface area (Å²) in [5.74, 6) is -2.26. The number of fused-ring (bicyclic) bond motifs is 1. The molecule has 1 saturated heterocycles. The van der Waals surface area contributed by atoms with Gasteiger partial charge in [0.2, 0.25) is 0 Å². The van der Waals surface area contributed by atoms with E-state index < -0.39 is 35.3 Å². The van der Waals surface area contributed by atoms with Gasteiger partial charge in [-0.05, 0) is 11.4 Å². The van der Waals surface area contributed by atoms with Crippen LogP contribution in [0.15, 0.2) is 33.9 Å². The molecule has 1 fully saturated rings. The van der Waals surface area contributed by atoms with Gasteiger partial charge >= 0.3 is 12.1 Å². The van der Waals surface area contributed by atoms with Gasteiger partial charge in [-0.25, -0.2) is 9.59 Å². The Hall–Kier alpha value is -3.06. The first-order valence-electron chi connectivity index (χ1n) is 8.59. The maximum Gasteiger partial charge on any atom is 0.407 e. The molecular weight excluding hydrogens is 436 g/mol. The minimum absolute atomic E-state index is 0.0215. The Balaban J connectivity index is 1.75. The van der Waals surface area contributed by atoms with E-state index in [0.29, 0.717) is 10.5 Å². The highest BCUT2D eigenvalue weighted by molar-refractivity contribution is 8.00. The summed E-state index contributed by atoms with van der Waals surface area (Å²) in [6, 6.07) is 2.52. The standard InChI is InChI=1S/C17H18N4O7S2/c1-18-17(26)28-6-8-7-30-15-11(14(23)21(15)12(8)16(24)25)19-13(22)10(20-27-2)9-4-3-5-29-9/h3-5,11,15H,6-7H2,1-2H3,(H,18,26)(H,19,22)(H,24,25)/t11-,15-/m1/s1. The Kier molecular flexibility index (Phi) is 6.62. The highest BCUT2D eigenvalue weighted by Gasteiger charge is 2.54. The fourth-order valence-corrected chi connectivity index (χ4v) is 4.96. The van der Waals surface area contributed by atoms with E-state index in [9.17, 15) is 24.3 Å². The van der Waals surface area contributed by atoms with Crippen molar-refractivity contribution < 1.29 is 33.9 Å². The lowest BCUT2D eigenvalue weighted by Gasteiger charge is -2.49. The minimum Gasteiger partial charge on any atom is -0.477 e. The molecule has 3 heterocycles. The second-order valence-corrected chi connectivity index (χ2v) is 8.10. The molecule has 0 aliphatic carbocycles. The summed E-state index contributed by atoms with van der Waals surface area (Å²) in [6.07, 6.45) is -0.710. The first kappa shape index (κ1) is 21.6. The number of carboxylic acid groups (broad SMARTS) is 1. The number of nitrogens with zero attached hydrogens (tertiary/aromatic N) is 2. The van der Waals surface area contributed by atoms with Gasteiger partial charge in [-0.3, -0.25) is 14.5 Å². The number of hydrogen-bond donors (Lipinski definition) is 3. The van der Waals surface area contributed by atoms with E-state index in [1.165, 1.54) is 37.3 Å². The van der Waals surface area contributed by atoms with E-state index in [1.807, 2.05) is 0 Å². The lowest BCUT2D eigenvalue weighted by atomic mass is 10.0. The molecule has 160 valence electrons. The number of aliphatic carboxylic acids is 1. The van der Waals surface area contributed by atoms with Crippen molar-refractivity contribution in [2.45, 2.75) is 11.4 Å². The number of nitrogens with one attached hydrogen (secondary N) is 2. The smallest absolute Gasteiger partial charge is 0.407 e. The average Bonchev–Trinajstić information content (AvgIpc) is 3.27. The van der Waals surface area contributed by atoms with Crippen molar-refractivity contribution in [3.8, 4) is 0 Å². The number of carbonyl (C=O) groups is 4. The van der Waals surface area contributed by atoms with Crippen molar-refractivity contribution in [2.75, 3.05) is 26.5 Å². The lowest BCUT2D eigenvalue weighted by molar-refractivity contribution is -0.150. The molecule has 2 aliphatic rings. The van der Waals surface area contributed by atoms with Crippen LogP contribution < -0.4 is 10.6 Å². The van der Waals surface area contributed by atoms with Crippen molar-refractivity contribution in [3.05, 3.63) is 33.7 Å². The first-order valence-corrected chi connectivity index (χ1v) is 10.5. The van der Waals surface area contributed by atoms with Crippen molar-refractivity contribution >= 4 is 52.7 Å². The summed E-state index contributed by atoms with van der Waals surface area (Å²) in [6.45, 7) is -0.259. The number of amides is 3. The number of β-lactam (4-membered cyclic amide) rings is 1. The van der Waals surface area contributed by atoms with Crippen LogP contribution in [0.25, 0.3) is 0 Å². The summed E-state index contributed by atoms with van der Waals surface area (Å²) in [4.78, 5) is 54.8. The van der Waals surface area contributed by atoms with E-state index in [2.05, 4.69) is 15.8 Å². The number of rotatable bonds is 7. The topological polar surface area (TPSA) is 147 Å². The highest BCUT2D eigenvalue weighted by Crippen LogP contribution is 2.40. The van der Waals surface area contributed by atoms with E-state index in [4.69, 9.17) is 9.57 Å². The van der Waals surface area contributed by atoms with E-state index in [1.54, 1.807) is 17.5 Å². The predicted octanol–water partition coefficient (Wildman–Crippen LogP) is 0.193. The quantitative estimate of drug-likeness (QED) is 0.301. The van der Waals surface area contributed by atoms with Crippen LogP contribution in [0, 0.1) is 0 Å². The van der Waals surface area contributed by atoms with Gasteiger partial charge in [-0.2, -0.15) is 0 Å². The number of ether oxygens (including phenoxy) is 1. The van der Waals surface area contributed by atoms with Crippen molar-refractivity contribution in [2.24, 2.45) is 5.16 Å². The zero-order valence-corrected chi connectivity index (χ0v) is 17.5. The molecule has 2 aliphatic heterocycles. The SMILES string of the molecule is CNC(=O)OCC1=C(C(=O)O)N2C(=O)[C@@H](NC(=O)C(=NOC)c3cccs3)[C@H]2SC1. The molecule has 0 spiro atoms. The van der Waals surface area contributed by atoms with Crippen LogP contribution in [0.1, 0.15) is 4.88 Å². The third kappa shape index (κ3) is 4.11. The van der Waals surface area contributed by atoms with E-state index >= 15 is 0 Å². The number of oxime groups is 1. The van der Waals surface area contributed by atoms with Gasteiger partial charge in [-0.15, -0.1) is 23.1 Å². The molecule has 3 amide bonds. The third-order valence-electron chi connectivity index (χ3n) is 4.27. The largest absolute Gasteiger partial charge is 0.477 e. The summed E-state index contributed by atoms with van der Waals surface area (Å²) < 4.78 is 4.92. The van der Waals surface area contributed by atoms with Gasteiger partial charge in [0.15, 0.2) is 5.71 Å². The van der Waals surface area contributed by atoms with Gasteiger partial charge in [0.05, 0.1) is 4.88 Å². The molecule has 0 radical (unpaired) electrons. The van der Waals surface area contributed by atoms with Crippen LogP contribution in [0.3, 0.4) is 0 Å². The van der Waals surface area contributed by atoms with E-state index in [0.717, 1.165) is 4.90 Å². The molecule has 13 heteroatoms. The van der Waals surface area contributed by atoms with Crippen LogP contribution in [0.4, 0.5) is 4.79 Å². The molecule has 11 nitrogen and oxygen atoms in total. The number of thiophene rings is 1. The average molecular weight is 454 g/mol. The molecule has 0 unspecified atom stereocenters. The molecular formula is C17H18N4O7S2. The fraction of sp³-hybridized carbons (Fsp3) is 0.353. The molecule has 30 heavy (non-hydrogen) atoms. The second-order valence-electron chi connectivity index (χ2n) is 6.04. The van der Waals surface area contributed by atoms with Crippen LogP contribution in [0.5, 0.6) is 0 Å². The monoisotopic (exact) mass is 454 g/mol. The number of carboxylic acids is 1. The Morgan fingerprint density at radius 2 is 2.17 bits per heavy atom. The molecule has 0 bridgehead atoms. The Labute approximate surface area is 179 Å². The summed E-state index contributed by atoms with van der Waals surface area (Å²) >= 11 is 2.55. The third-order valence-corrected chi connectivity index (χ3v) is 6.49.